The van der Waals surface area contributed by atoms with E-state index in [0.29, 0.717) is 24.9 Å². The topological polar surface area (TPSA) is 52.6 Å². The maximum Gasteiger partial charge on any atom is 0.367 e. The Bertz CT molecular complexity index is 228. The Balaban J connectivity index is 3.70. The zero-order valence-corrected chi connectivity index (χ0v) is 11.1. The van der Waals surface area contributed by atoms with E-state index in [4.69, 9.17) is 9.47 Å². The van der Waals surface area contributed by atoms with Gasteiger partial charge in [-0.25, -0.2) is 4.79 Å². The predicted octanol–water partition coefficient (Wildman–Crippen LogP) is 2.71. The molecular formula is C11H20O4S. The number of esters is 1. The summed E-state index contributed by atoms with van der Waals surface area (Å²) in [6.45, 7) is 8.22. The van der Waals surface area contributed by atoms with Gasteiger partial charge in [-0.15, -0.1) is 0 Å². The predicted molar refractivity (Wildman–Crippen MR) is 64.4 cm³/mol. The molecule has 94 valence electrons. The molecule has 0 aliphatic carbocycles. The minimum atomic E-state index is -0.329. The number of rotatable bonds is 6. The minimum absolute atomic E-state index is 0.272. The van der Waals surface area contributed by atoms with Crippen LogP contribution in [0.4, 0.5) is 4.79 Å². The maximum absolute atomic E-state index is 11.2. The van der Waals surface area contributed by atoms with Crippen LogP contribution in [0.5, 0.6) is 0 Å². The molecule has 4 nitrogen and oxygen atoms in total. The van der Waals surface area contributed by atoms with Crippen LogP contribution in [-0.2, 0) is 14.3 Å². The highest BCUT2D eigenvalue weighted by molar-refractivity contribution is 8.13. The van der Waals surface area contributed by atoms with E-state index in [1.165, 1.54) is 0 Å². The van der Waals surface area contributed by atoms with Crippen LogP contribution in [0, 0.1) is 11.8 Å². The lowest BCUT2D eigenvalue weighted by Gasteiger charge is -2.10. The lowest BCUT2D eigenvalue weighted by Crippen LogP contribution is -2.18. The van der Waals surface area contributed by atoms with Crippen LogP contribution in [-0.4, -0.2) is 30.2 Å². The molecule has 0 aromatic heterocycles. The summed E-state index contributed by atoms with van der Waals surface area (Å²) >= 11 is 1.02. The second-order valence-electron chi connectivity index (χ2n) is 3.92. The molecular weight excluding hydrogens is 228 g/mol. The molecule has 16 heavy (non-hydrogen) atoms. The van der Waals surface area contributed by atoms with E-state index < -0.39 is 0 Å². The average Bonchev–Trinajstić information content (AvgIpc) is 2.23. The fraction of sp³-hybridized carbons (Fsp3) is 0.818. The highest BCUT2D eigenvalue weighted by Gasteiger charge is 2.16. The van der Waals surface area contributed by atoms with Crippen LogP contribution in [0.25, 0.3) is 0 Å². The van der Waals surface area contributed by atoms with Crippen molar-refractivity contribution in [3.05, 3.63) is 0 Å². The molecule has 0 saturated carbocycles. The van der Waals surface area contributed by atoms with Crippen LogP contribution >= 0.6 is 11.8 Å². The Labute approximate surface area is 101 Å². The largest absolute Gasteiger partial charge is 0.466 e. The van der Waals surface area contributed by atoms with E-state index in [1.807, 2.05) is 13.8 Å². The van der Waals surface area contributed by atoms with Crippen LogP contribution in [0.3, 0.4) is 0 Å². The molecule has 0 N–H and O–H groups in total. The van der Waals surface area contributed by atoms with Crippen LogP contribution in [0.2, 0.25) is 0 Å². The maximum atomic E-state index is 11.2. The zero-order valence-electron chi connectivity index (χ0n) is 10.3. The number of carbonyl (C=O) groups excluding carboxylic acids is 2. The second-order valence-corrected chi connectivity index (χ2v) is 4.87. The summed E-state index contributed by atoms with van der Waals surface area (Å²) in [7, 11) is 0. The molecule has 0 aliphatic rings. The molecule has 0 saturated heterocycles. The third-order valence-corrected chi connectivity index (χ3v) is 2.69. The second kappa shape index (κ2) is 8.44. The van der Waals surface area contributed by atoms with Crippen molar-refractivity contribution in [2.45, 2.75) is 27.7 Å². The molecule has 0 aliphatic heterocycles. The Hall–Kier alpha value is -0.710. The van der Waals surface area contributed by atoms with Gasteiger partial charge in [0.2, 0.25) is 0 Å². The average molecular weight is 248 g/mol. The van der Waals surface area contributed by atoms with E-state index in [2.05, 4.69) is 0 Å². The van der Waals surface area contributed by atoms with Crippen molar-refractivity contribution in [2.24, 2.45) is 11.8 Å². The highest BCUT2D eigenvalue weighted by Crippen LogP contribution is 2.13. The summed E-state index contributed by atoms with van der Waals surface area (Å²) < 4.78 is 9.80. The smallest absolute Gasteiger partial charge is 0.367 e. The van der Waals surface area contributed by atoms with Crippen molar-refractivity contribution in [3.8, 4) is 0 Å². The van der Waals surface area contributed by atoms with Gasteiger partial charge in [-0.2, -0.15) is 0 Å². The summed E-state index contributed by atoms with van der Waals surface area (Å²) in [5.74, 6) is 0.172. The quantitative estimate of drug-likeness (QED) is 0.676. The summed E-state index contributed by atoms with van der Waals surface area (Å²) in [4.78, 5) is 22.5. The van der Waals surface area contributed by atoms with Gasteiger partial charge in [0.15, 0.2) is 0 Å². The van der Waals surface area contributed by atoms with Crippen molar-refractivity contribution in [1.29, 1.82) is 0 Å². The highest BCUT2D eigenvalue weighted by atomic mass is 32.2. The summed E-state index contributed by atoms with van der Waals surface area (Å²) in [5, 5.41) is -0.329. The fourth-order valence-corrected chi connectivity index (χ4v) is 1.50. The lowest BCUT2D eigenvalue weighted by molar-refractivity contribution is -0.146. The lowest BCUT2D eigenvalue weighted by atomic mass is 10.2. The van der Waals surface area contributed by atoms with Crippen molar-refractivity contribution in [2.75, 3.05) is 19.0 Å². The van der Waals surface area contributed by atoms with Gasteiger partial charge in [0.25, 0.3) is 0 Å². The van der Waals surface area contributed by atoms with Crippen molar-refractivity contribution >= 4 is 23.0 Å². The van der Waals surface area contributed by atoms with Gasteiger partial charge in [0.05, 0.1) is 19.1 Å². The van der Waals surface area contributed by atoms with E-state index in [-0.39, 0.29) is 17.2 Å². The van der Waals surface area contributed by atoms with Crippen molar-refractivity contribution in [3.63, 3.8) is 0 Å². The Morgan fingerprint density at radius 3 is 2.31 bits per heavy atom. The zero-order chi connectivity index (χ0) is 12.6. The minimum Gasteiger partial charge on any atom is -0.466 e. The van der Waals surface area contributed by atoms with E-state index in [1.54, 1.807) is 13.8 Å². The third-order valence-electron chi connectivity index (χ3n) is 1.67. The molecule has 0 amide bonds. The Morgan fingerprint density at radius 2 is 1.81 bits per heavy atom. The monoisotopic (exact) mass is 248 g/mol. The Kier molecular flexibility index (Phi) is 8.07. The molecule has 5 heteroatoms. The molecule has 0 spiro atoms. The first kappa shape index (κ1) is 15.3. The molecule has 0 aromatic rings. The first-order valence-corrected chi connectivity index (χ1v) is 6.42. The standard InChI is InChI=1S/C11H20O4S/c1-5-14-10(12)9(4)7-16-11(13)15-6-8(2)3/h8-9H,5-7H2,1-4H3. The summed E-state index contributed by atoms with van der Waals surface area (Å²) in [6, 6.07) is 0. The van der Waals surface area contributed by atoms with Gasteiger partial charge in [0.1, 0.15) is 0 Å². The number of hydrogen-bond donors (Lipinski definition) is 0. The van der Waals surface area contributed by atoms with Gasteiger partial charge in [0, 0.05) is 5.75 Å². The Morgan fingerprint density at radius 1 is 1.19 bits per heavy atom. The summed E-state index contributed by atoms with van der Waals surface area (Å²) in [6.07, 6.45) is 0. The van der Waals surface area contributed by atoms with Crippen molar-refractivity contribution < 1.29 is 19.1 Å². The normalized spacial score (nSPS) is 12.3. The molecule has 0 aromatic carbocycles. The summed E-state index contributed by atoms with van der Waals surface area (Å²) in [5.41, 5.74) is 0. The van der Waals surface area contributed by atoms with Crippen molar-refractivity contribution in [1.82, 2.24) is 0 Å². The van der Waals surface area contributed by atoms with Crippen LogP contribution in [0.1, 0.15) is 27.7 Å². The van der Waals surface area contributed by atoms with Gasteiger partial charge < -0.3 is 9.47 Å². The number of hydrogen-bond acceptors (Lipinski definition) is 5. The number of thioether (sulfide) groups is 1. The molecule has 0 bridgehead atoms. The van der Waals surface area contributed by atoms with Crippen LogP contribution in [0.15, 0.2) is 0 Å². The van der Waals surface area contributed by atoms with E-state index in [0.717, 1.165) is 11.8 Å². The number of carbonyl (C=O) groups is 2. The first-order chi connectivity index (χ1) is 7.47. The molecule has 1 unspecified atom stereocenters. The van der Waals surface area contributed by atoms with E-state index >= 15 is 0 Å². The fourth-order valence-electron chi connectivity index (χ4n) is 0.822. The van der Waals surface area contributed by atoms with Gasteiger partial charge in [-0.1, -0.05) is 20.8 Å². The molecule has 0 radical (unpaired) electrons. The SMILES string of the molecule is CCOC(=O)C(C)CSC(=O)OCC(C)C. The first-order valence-electron chi connectivity index (χ1n) is 5.43. The van der Waals surface area contributed by atoms with Gasteiger partial charge in [-0.05, 0) is 24.6 Å². The molecule has 0 heterocycles. The van der Waals surface area contributed by atoms with Gasteiger partial charge in [-0.3, -0.25) is 4.79 Å². The third kappa shape index (κ3) is 7.56. The van der Waals surface area contributed by atoms with E-state index in [9.17, 15) is 9.59 Å². The molecule has 0 rings (SSSR count). The molecule has 1 atom stereocenters. The number of ether oxygens (including phenoxy) is 2. The van der Waals surface area contributed by atoms with Crippen LogP contribution < -0.4 is 0 Å². The van der Waals surface area contributed by atoms with Gasteiger partial charge >= 0.3 is 11.3 Å². The molecule has 0 fully saturated rings.